The summed E-state index contributed by atoms with van der Waals surface area (Å²) in [7, 11) is -3.68. The minimum Gasteiger partial charge on any atom is -0.360 e. The Bertz CT molecular complexity index is 1290. The van der Waals surface area contributed by atoms with Crippen LogP contribution in [0.4, 0.5) is 11.4 Å². The smallest absolute Gasteiger partial charge is 0.270 e. The zero-order chi connectivity index (χ0) is 22.9. The van der Waals surface area contributed by atoms with Crippen LogP contribution >= 0.6 is 0 Å². The Hall–Kier alpha value is -3.24. The molecule has 1 aliphatic rings. The van der Waals surface area contributed by atoms with Gasteiger partial charge in [0.2, 0.25) is 10.0 Å². The quantitative estimate of drug-likeness (QED) is 0.440. The van der Waals surface area contributed by atoms with Gasteiger partial charge in [0.15, 0.2) is 0 Å². The predicted molar refractivity (Wildman–Crippen MR) is 121 cm³/mol. The minimum atomic E-state index is -3.68. The molecule has 2 N–H and O–H groups in total. The first kappa shape index (κ1) is 22.0. The van der Waals surface area contributed by atoms with E-state index < -0.39 is 20.9 Å². The molecule has 32 heavy (non-hydrogen) atoms. The lowest BCUT2D eigenvalue weighted by molar-refractivity contribution is -0.384. The topological polar surface area (TPSA) is 125 Å². The van der Waals surface area contributed by atoms with Crippen LogP contribution in [0.3, 0.4) is 0 Å². The highest BCUT2D eigenvalue weighted by atomic mass is 32.2. The highest BCUT2D eigenvalue weighted by molar-refractivity contribution is 7.89. The second kappa shape index (κ2) is 8.71. The van der Waals surface area contributed by atoms with Crippen LogP contribution in [0.25, 0.3) is 10.9 Å². The van der Waals surface area contributed by atoms with Crippen LogP contribution in [0.2, 0.25) is 0 Å². The summed E-state index contributed by atoms with van der Waals surface area (Å²) in [5.41, 5.74) is 1.66. The van der Waals surface area contributed by atoms with E-state index in [1.54, 1.807) is 25.1 Å². The molecule has 1 aliphatic heterocycles. The van der Waals surface area contributed by atoms with E-state index in [1.807, 2.05) is 0 Å². The largest absolute Gasteiger partial charge is 0.360 e. The van der Waals surface area contributed by atoms with E-state index in [4.69, 9.17) is 0 Å². The van der Waals surface area contributed by atoms with Gasteiger partial charge in [-0.3, -0.25) is 14.9 Å². The second-order valence-electron chi connectivity index (χ2n) is 7.94. The fraction of sp³-hybridized carbons (Fsp3) is 0.318. The van der Waals surface area contributed by atoms with Crippen LogP contribution in [-0.2, 0) is 10.0 Å². The summed E-state index contributed by atoms with van der Waals surface area (Å²) in [6, 6.07) is 9.03. The number of nitro benzene ring substituents is 1. The number of amides is 1. The number of H-pyrrole nitrogens is 1. The number of benzene rings is 2. The van der Waals surface area contributed by atoms with Gasteiger partial charge in [0.1, 0.15) is 0 Å². The van der Waals surface area contributed by atoms with Crippen LogP contribution in [0.5, 0.6) is 0 Å². The SMILES string of the molecule is Cc1ccc(NC(=O)c2c[nH]c3ccc([N+](=O)[O-])cc23)cc1S(=O)(=O)N1CCCCCC1. The van der Waals surface area contributed by atoms with Crippen LogP contribution in [0, 0.1) is 17.0 Å². The van der Waals surface area contributed by atoms with Crippen molar-refractivity contribution < 1.29 is 18.1 Å². The highest BCUT2D eigenvalue weighted by Gasteiger charge is 2.27. The van der Waals surface area contributed by atoms with Gasteiger partial charge in [-0.25, -0.2) is 8.42 Å². The van der Waals surface area contributed by atoms with E-state index in [9.17, 15) is 23.3 Å². The van der Waals surface area contributed by atoms with Crippen molar-refractivity contribution in [2.24, 2.45) is 0 Å². The number of nitrogens with zero attached hydrogens (tertiary/aromatic N) is 2. The summed E-state index contributed by atoms with van der Waals surface area (Å²) in [5, 5.41) is 14.2. The number of sulfonamides is 1. The number of anilines is 1. The molecule has 0 unspecified atom stereocenters. The van der Waals surface area contributed by atoms with E-state index >= 15 is 0 Å². The van der Waals surface area contributed by atoms with Gasteiger partial charge >= 0.3 is 0 Å². The molecule has 2 heterocycles. The van der Waals surface area contributed by atoms with Gasteiger partial charge in [0, 0.05) is 48.0 Å². The number of hydrogen-bond donors (Lipinski definition) is 2. The number of hydrogen-bond acceptors (Lipinski definition) is 5. The standard InChI is InChI=1S/C22H24N4O5S/c1-15-6-7-16(12-21(15)32(30,31)25-10-4-2-3-5-11-25)24-22(27)19-14-23-20-9-8-17(26(28)29)13-18(19)20/h6-9,12-14,23H,2-5,10-11H2,1H3,(H,24,27). The zero-order valence-electron chi connectivity index (χ0n) is 17.6. The fourth-order valence-corrected chi connectivity index (χ4v) is 5.75. The first-order valence-corrected chi connectivity index (χ1v) is 11.9. The molecule has 1 saturated heterocycles. The summed E-state index contributed by atoms with van der Waals surface area (Å²) < 4.78 is 28.0. The van der Waals surface area contributed by atoms with Gasteiger partial charge in [-0.2, -0.15) is 4.31 Å². The van der Waals surface area contributed by atoms with Gasteiger partial charge in [-0.05, 0) is 43.5 Å². The monoisotopic (exact) mass is 456 g/mol. The molecule has 0 radical (unpaired) electrons. The van der Waals surface area contributed by atoms with Crippen molar-refractivity contribution in [1.82, 2.24) is 9.29 Å². The summed E-state index contributed by atoms with van der Waals surface area (Å²) in [6.07, 6.45) is 5.18. The maximum Gasteiger partial charge on any atom is 0.270 e. The predicted octanol–water partition coefficient (Wildman–Crippen LogP) is 4.20. The van der Waals surface area contributed by atoms with Crippen molar-refractivity contribution in [3.63, 3.8) is 0 Å². The molecule has 1 aromatic heterocycles. The molecular formula is C22H24N4O5S. The molecule has 0 aliphatic carbocycles. The Balaban J connectivity index is 1.63. The normalized spacial score (nSPS) is 15.4. The van der Waals surface area contributed by atoms with E-state index in [1.165, 1.54) is 28.7 Å². The molecule has 4 rings (SSSR count). The third kappa shape index (κ3) is 4.23. The highest BCUT2D eigenvalue weighted by Crippen LogP contribution is 2.28. The molecule has 1 amide bonds. The third-order valence-electron chi connectivity index (χ3n) is 5.75. The Labute approximate surface area is 185 Å². The van der Waals surface area contributed by atoms with Crippen LogP contribution < -0.4 is 5.32 Å². The molecule has 0 saturated carbocycles. The van der Waals surface area contributed by atoms with Gasteiger partial charge in [0.25, 0.3) is 11.6 Å². The molecule has 0 spiro atoms. The van der Waals surface area contributed by atoms with Crippen molar-refractivity contribution in [3.05, 3.63) is 63.8 Å². The van der Waals surface area contributed by atoms with Crippen LogP contribution in [0.15, 0.2) is 47.5 Å². The molecular weight excluding hydrogens is 432 g/mol. The maximum atomic E-state index is 13.2. The van der Waals surface area contributed by atoms with Gasteiger partial charge in [-0.1, -0.05) is 18.9 Å². The summed E-state index contributed by atoms with van der Waals surface area (Å²) in [5.74, 6) is -0.487. The Morgan fingerprint density at radius 2 is 1.81 bits per heavy atom. The number of rotatable bonds is 5. The number of aromatic amines is 1. The Kier molecular flexibility index (Phi) is 5.98. The molecule has 0 bridgehead atoms. The van der Waals surface area contributed by atoms with Crippen LogP contribution in [0.1, 0.15) is 41.6 Å². The van der Waals surface area contributed by atoms with Crippen molar-refractivity contribution in [2.75, 3.05) is 18.4 Å². The van der Waals surface area contributed by atoms with E-state index in [2.05, 4.69) is 10.3 Å². The molecule has 0 atom stereocenters. The van der Waals surface area contributed by atoms with Gasteiger partial charge in [0.05, 0.1) is 15.4 Å². The van der Waals surface area contributed by atoms with Gasteiger partial charge in [-0.15, -0.1) is 0 Å². The Morgan fingerprint density at radius 3 is 2.50 bits per heavy atom. The lowest BCUT2D eigenvalue weighted by Gasteiger charge is -2.21. The number of aryl methyl sites for hydroxylation is 1. The third-order valence-corrected chi connectivity index (χ3v) is 7.79. The summed E-state index contributed by atoms with van der Waals surface area (Å²) in [6.45, 7) is 2.72. The van der Waals surface area contributed by atoms with Crippen molar-refractivity contribution in [1.29, 1.82) is 0 Å². The van der Waals surface area contributed by atoms with E-state index in [0.717, 1.165) is 25.7 Å². The molecule has 168 valence electrons. The lowest BCUT2D eigenvalue weighted by atomic mass is 10.1. The molecule has 3 aromatic rings. The molecule has 1 fully saturated rings. The Morgan fingerprint density at radius 1 is 1.09 bits per heavy atom. The lowest BCUT2D eigenvalue weighted by Crippen LogP contribution is -2.32. The fourth-order valence-electron chi connectivity index (χ4n) is 3.99. The molecule has 9 nitrogen and oxygen atoms in total. The number of carbonyl (C=O) groups is 1. The number of aromatic nitrogens is 1. The number of non-ortho nitro benzene ring substituents is 1. The summed E-state index contributed by atoms with van der Waals surface area (Å²) >= 11 is 0. The summed E-state index contributed by atoms with van der Waals surface area (Å²) in [4.78, 5) is 26.6. The van der Waals surface area contributed by atoms with E-state index in [0.29, 0.717) is 35.2 Å². The number of carbonyl (C=O) groups excluding carboxylic acids is 1. The number of nitrogens with one attached hydrogen (secondary N) is 2. The van der Waals surface area contributed by atoms with Crippen molar-refractivity contribution in [3.8, 4) is 0 Å². The average molecular weight is 457 g/mol. The molecule has 2 aromatic carbocycles. The minimum absolute atomic E-state index is 0.118. The number of fused-ring (bicyclic) bond motifs is 1. The zero-order valence-corrected chi connectivity index (χ0v) is 18.4. The van der Waals surface area contributed by atoms with E-state index in [-0.39, 0.29) is 16.1 Å². The first-order valence-electron chi connectivity index (χ1n) is 10.4. The number of nitro groups is 1. The van der Waals surface area contributed by atoms with Crippen molar-refractivity contribution >= 4 is 38.2 Å². The van der Waals surface area contributed by atoms with Crippen molar-refractivity contribution in [2.45, 2.75) is 37.5 Å². The first-order chi connectivity index (χ1) is 15.3. The average Bonchev–Trinajstić information content (AvgIpc) is 2.98. The molecule has 10 heteroatoms. The van der Waals surface area contributed by atoms with Crippen LogP contribution in [-0.4, -0.2) is 41.6 Å². The maximum absolute atomic E-state index is 13.2. The van der Waals surface area contributed by atoms with Gasteiger partial charge < -0.3 is 10.3 Å². The second-order valence-corrected chi connectivity index (χ2v) is 9.85.